The van der Waals surface area contributed by atoms with E-state index >= 15 is 0 Å². The van der Waals surface area contributed by atoms with Crippen LogP contribution >= 0.6 is 11.3 Å². The Balaban J connectivity index is 1.90. The van der Waals surface area contributed by atoms with Crippen LogP contribution in [0.2, 0.25) is 0 Å². The topological polar surface area (TPSA) is 41.1 Å². The highest BCUT2D eigenvalue weighted by Gasteiger charge is 2.38. The smallest absolute Gasteiger partial charge is 0.163 e. The van der Waals surface area contributed by atoms with Crippen LogP contribution in [-0.4, -0.2) is 5.78 Å². The molecule has 1 aromatic carbocycles. The lowest BCUT2D eigenvalue weighted by molar-refractivity contribution is -0.118. The van der Waals surface area contributed by atoms with Crippen LogP contribution in [0.3, 0.4) is 0 Å². The quantitative estimate of drug-likeness (QED) is 0.703. The van der Waals surface area contributed by atoms with Crippen molar-refractivity contribution in [3.63, 3.8) is 0 Å². The average molecular weight is 353 g/mol. The van der Waals surface area contributed by atoms with Crippen LogP contribution in [0, 0.1) is 19.3 Å². The molecule has 0 radical (unpaired) electrons. The van der Waals surface area contributed by atoms with E-state index in [1.807, 2.05) is 0 Å². The lowest BCUT2D eigenvalue weighted by Gasteiger charge is -2.33. The molecular formula is C21H24N2OS. The van der Waals surface area contributed by atoms with Gasteiger partial charge in [0.1, 0.15) is 0 Å². The molecule has 4 heteroatoms. The Morgan fingerprint density at radius 3 is 2.52 bits per heavy atom. The number of fused-ring (bicyclic) bond motifs is 1. The van der Waals surface area contributed by atoms with E-state index in [4.69, 9.17) is 0 Å². The molecular weight excluding hydrogens is 328 g/mol. The minimum absolute atomic E-state index is 0.00758. The van der Waals surface area contributed by atoms with E-state index in [1.54, 1.807) is 11.3 Å². The van der Waals surface area contributed by atoms with Gasteiger partial charge in [0.2, 0.25) is 0 Å². The van der Waals surface area contributed by atoms with Crippen LogP contribution < -0.4 is 10.6 Å². The predicted octanol–water partition coefficient (Wildman–Crippen LogP) is 5.59. The van der Waals surface area contributed by atoms with Gasteiger partial charge in [-0.25, -0.2) is 0 Å². The molecule has 3 nitrogen and oxygen atoms in total. The van der Waals surface area contributed by atoms with Gasteiger partial charge in [-0.3, -0.25) is 4.79 Å². The third-order valence-corrected chi connectivity index (χ3v) is 6.01. The molecule has 0 bridgehead atoms. The number of thiophene rings is 1. The predicted molar refractivity (Wildman–Crippen MR) is 105 cm³/mol. The van der Waals surface area contributed by atoms with Gasteiger partial charge in [-0.1, -0.05) is 13.8 Å². The summed E-state index contributed by atoms with van der Waals surface area (Å²) in [5.41, 5.74) is 7.79. The van der Waals surface area contributed by atoms with Crippen LogP contribution in [-0.2, 0) is 4.79 Å². The lowest BCUT2D eigenvalue weighted by atomic mass is 9.73. The highest BCUT2D eigenvalue weighted by molar-refractivity contribution is 7.08. The van der Waals surface area contributed by atoms with E-state index in [9.17, 15) is 4.79 Å². The van der Waals surface area contributed by atoms with Crippen molar-refractivity contribution < 1.29 is 4.79 Å². The molecule has 0 saturated heterocycles. The molecule has 2 aromatic rings. The summed E-state index contributed by atoms with van der Waals surface area (Å²) in [6, 6.07) is 6.40. The molecule has 1 aliphatic heterocycles. The highest BCUT2D eigenvalue weighted by Crippen LogP contribution is 2.46. The van der Waals surface area contributed by atoms with E-state index in [-0.39, 0.29) is 17.2 Å². The molecule has 1 atom stereocenters. The zero-order chi connectivity index (χ0) is 17.8. The van der Waals surface area contributed by atoms with Gasteiger partial charge in [-0.2, -0.15) is 11.3 Å². The molecule has 4 rings (SSSR count). The Labute approximate surface area is 153 Å². The van der Waals surface area contributed by atoms with Crippen LogP contribution in [0.1, 0.15) is 49.4 Å². The summed E-state index contributed by atoms with van der Waals surface area (Å²) >= 11 is 1.67. The third-order valence-electron chi connectivity index (χ3n) is 5.30. The first kappa shape index (κ1) is 16.4. The maximum atomic E-state index is 13.1. The number of rotatable bonds is 1. The third kappa shape index (κ3) is 2.89. The molecule has 0 saturated carbocycles. The molecule has 0 fully saturated rings. The van der Waals surface area contributed by atoms with Crippen molar-refractivity contribution >= 4 is 28.5 Å². The Morgan fingerprint density at radius 1 is 1.12 bits per heavy atom. The minimum Gasteiger partial charge on any atom is -0.372 e. The molecule has 25 heavy (non-hydrogen) atoms. The van der Waals surface area contributed by atoms with Crippen molar-refractivity contribution in [3.05, 3.63) is 56.9 Å². The van der Waals surface area contributed by atoms with Crippen LogP contribution in [0.5, 0.6) is 0 Å². The number of hydrogen-bond donors (Lipinski definition) is 2. The molecule has 1 aromatic heterocycles. The summed E-state index contributed by atoms with van der Waals surface area (Å²) in [5.74, 6) is 0.253. The van der Waals surface area contributed by atoms with Gasteiger partial charge in [0.05, 0.1) is 17.4 Å². The zero-order valence-corrected chi connectivity index (χ0v) is 16.0. The Hall–Kier alpha value is -2.07. The van der Waals surface area contributed by atoms with E-state index in [0.29, 0.717) is 6.42 Å². The fraction of sp³-hybridized carbons (Fsp3) is 0.381. The van der Waals surface area contributed by atoms with Gasteiger partial charge in [0.25, 0.3) is 0 Å². The number of hydrogen-bond acceptors (Lipinski definition) is 4. The van der Waals surface area contributed by atoms with Crippen LogP contribution in [0.4, 0.5) is 11.4 Å². The van der Waals surface area contributed by atoms with E-state index in [0.717, 1.165) is 29.1 Å². The number of carbonyl (C=O) groups excluding carboxylic acids is 1. The summed E-state index contributed by atoms with van der Waals surface area (Å²) in [4.78, 5) is 13.1. The van der Waals surface area contributed by atoms with E-state index in [2.05, 4.69) is 67.3 Å². The molecule has 2 heterocycles. The summed E-state index contributed by atoms with van der Waals surface area (Å²) < 4.78 is 0. The summed E-state index contributed by atoms with van der Waals surface area (Å²) in [7, 11) is 0. The summed E-state index contributed by atoms with van der Waals surface area (Å²) in [6.07, 6.45) is 1.49. The summed E-state index contributed by atoms with van der Waals surface area (Å²) in [5, 5.41) is 11.5. The first-order chi connectivity index (χ1) is 11.8. The van der Waals surface area contributed by atoms with Crippen molar-refractivity contribution in [2.24, 2.45) is 5.41 Å². The maximum absolute atomic E-state index is 13.1. The fourth-order valence-corrected chi connectivity index (χ4v) is 4.59. The van der Waals surface area contributed by atoms with E-state index in [1.165, 1.54) is 16.7 Å². The first-order valence-electron chi connectivity index (χ1n) is 8.77. The minimum atomic E-state index is -0.0827. The van der Waals surface area contributed by atoms with Gasteiger partial charge in [-0.15, -0.1) is 0 Å². The summed E-state index contributed by atoms with van der Waals surface area (Å²) in [6.45, 7) is 8.61. The fourth-order valence-electron chi connectivity index (χ4n) is 3.90. The highest BCUT2D eigenvalue weighted by atomic mass is 32.1. The maximum Gasteiger partial charge on any atom is 0.163 e. The molecule has 2 N–H and O–H groups in total. The van der Waals surface area contributed by atoms with Gasteiger partial charge in [-0.05, 0) is 71.3 Å². The normalized spacial score (nSPS) is 21.8. The first-order valence-corrected chi connectivity index (χ1v) is 9.71. The monoisotopic (exact) mass is 352 g/mol. The lowest BCUT2D eigenvalue weighted by Crippen LogP contribution is -2.31. The van der Waals surface area contributed by atoms with Crippen molar-refractivity contribution in [3.8, 4) is 0 Å². The number of carbonyl (C=O) groups is 1. The zero-order valence-electron chi connectivity index (χ0n) is 15.2. The second kappa shape index (κ2) is 5.73. The van der Waals surface area contributed by atoms with Gasteiger partial charge < -0.3 is 10.6 Å². The number of anilines is 2. The van der Waals surface area contributed by atoms with Crippen molar-refractivity contribution in [2.45, 2.75) is 46.6 Å². The van der Waals surface area contributed by atoms with E-state index < -0.39 is 0 Å². The molecule has 0 amide bonds. The van der Waals surface area contributed by atoms with Crippen molar-refractivity contribution in [2.75, 3.05) is 10.6 Å². The van der Waals surface area contributed by atoms with Gasteiger partial charge in [0, 0.05) is 17.7 Å². The van der Waals surface area contributed by atoms with Crippen LogP contribution in [0.25, 0.3) is 0 Å². The number of nitrogens with one attached hydrogen (secondary N) is 2. The largest absolute Gasteiger partial charge is 0.372 e. The number of allylic oxidation sites excluding steroid dienone is 1. The SMILES string of the molecule is Cc1cc2c(cc1C)NC(c1ccsc1)C1=C(CC(C)(C)CC1=O)N2. The second-order valence-corrected chi connectivity index (χ2v) is 8.85. The van der Waals surface area contributed by atoms with Crippen molar-refractivity contribution in [1.29, 1.82) is 0 Å². The molecule has 2 aliphatic rings. The van der Waals surface area contributed by atoms with Gasteiger partial charge >= 0.3 is 0 Å². The Morgan fingerprint density at radius 2 is 1.84 bits per heavy atom. The van der Waals surface area contributed by atoms with Crippen LogP contribution in [0.15, 0.2) is 40.2 Å². The molecule has 1 aliphatic carbocycles. The standard InChI is InChI=1S/C21H24N2OS/c1-12-7-15-16(8-13(12)2)23-20(14-5-6-25-11-14)19-17(22-15)9-21(3,4)10-18(19)24/h5-8,11,20,22-23H,9-10H2,1-4H3. The average Bonchev–Trinajstić information content (AvgIpc) is 2.98. The molecule has 1 unspecified atom stereocenters. The second-order valence-electron chi connectivity index (χ2n) is 8.07. The Bertz CT molecular complexity index is 878. The Kier molecular flexibility index (Phi) is 3.76. The van der Waals surface area contributed by atoms with Gasteiger partial charge in [0.15, 0.2) is 5.78 Å². The molecule has 0 spiro atoms. The number of benzene rings is 1. The molecule has 130 valence electrons. The number of ketones is 1. The number of aryl methyl sites for hydroxylation is 2. The number of Topliss-reactive ketones (excluding diaryl/α,β-unsaturated/α-hetero) is 1. The van der Waals surface area contributed by atoms with Crippen molar-refractivity contribution in [1.82, 2.24) is 0 Å².